The molecule has 0 bridgehead atoms. The van der Waals surface area contributed by atoms with Crippen molar-refractivity contribution in [1.82, 2.24) is 4.90 Å². The molecule has 1 aliphatic carbocycles. The number of nitro groups is 1. The number of carbonyl (C=O) groups excluding carboxylic acids is 4. The monoisotopic (exact) mass is 498 g/mol. The zero-order valence-electron chi connectivity index (χ0n) is 18.2. The predicted molar refractivity (Wildman–Crippen MR) is 123 cm³/mol. The molecular weight excluding hydrogens is 480 g/mol. The van der Waals surface area contributed by atoms with Crippen LogP contribution in [0.2, 0.25) is 5.02 Å². The first kappa shape index (κ1) is 22.8. The van der Waals surface area contributed by atoms with Crippen LogP contribution in [0, 0.1) is 10.1 Å². The highest BCUT2D eigenvalue weighted by Gasteiger charge is 2.64. The van der Waals surface area contributed by atoms with Gasteiger partial charge in [0.15, 0.2) is 6.61 Å². The van der Waals surface area contributed by atoms with E-state index in [-0.39, 0.29) is 41.4 Å². The summed E-state index contributed by atoms with van der Waals surface area (Å²) in [5.41, 5.74) is -1.56. The van der Waals surface area contributed by atoms with E-state index in [9.17, 15) is 29.3 Å². The number of para-hydroxylation sites is 1. The van der Waals surface area contributed by atoms with Gasteiger partial charge >= 0.3 is 5.97 Å². The van der Waals surface area contributed by atoms with Crippen molar-refractivity contribution < 1.29 is 28.8 Å². The number of fused-ring (bicyclic) bond motifs is 3. The number of nitrogens with one attached hydrogen (secondary N) is 1. The van der Waals surface area contributed by atoms with Crippen molar-refractivity contribution in [3.8, 4) is 0 Å². The fraction of sp³-hybridized carbons (Fsp3) is 0.304. The fourth-order valence-electron chi connectivity index (χ4n) is 4.71. The standard InChI is InChI=1S/C23H19ClN4O7/c24-13-5-8-16(18(11-13)28(33)34)25-19(29)12-35-22(32)23-10-9-20(30)27(23)17-4-2-1-3-15(17)21(31)26(23)14-6-7-14/h1-5,8,11,14H,6-7,9-10,12H2,(H,25,29)/t23-/m0/s1. The summed E-state index contributed by atoms with van der Waals surface area (Å²) in [6, 6.07) is 10.1. The zero-order chi connectivity index (χ0) is 24.9. The van der Waals surface area contributed by atoms with Gasteiger partial charge in [-0.3, -0.25) is 29.4 Å². The summed E-state index contributed by atoms with van der Waals surface area (Å²) in [6.45, 7) is -0.767. The molecule has 2 aromatic carbocycles. The molecule has 0 spiro atoms. The molecule has 0 aromatic heterocycles. The molecule has 1 N–H and O–H groups in total. The van der Waals surface area contributed by atoms with Crippen LogP contribution in [-0.2, 0) is 19.1 Å². The van der Waals surface area contributed by atoms with Crippen LogP contribution in [0.25, 0.3) is 0 Å². The zero-order valence-corrected chi connectivity index (χ0v) is 19.0. The Morgan fingerprint density at radius 2 is 1.94 bits per heavy atom. The summed E-state index contributed by atoms with van der Waals surface area (Å²) >= 11 is 5.79. The maximum Gasteiger partial charge on any atom is 0.354 e. The predicted octanol–water partition coefficient (Wildman–Crippen LogP) is 2.87. The molecule has 2 aromatic rings. The normalized spacial score (nSPS) is 20.8. The van der Waals surface area contributed by atoms with Crippen molar-refractivity contribution in [1.29, 1.82) is 0 Å². The van der Waals surface area contributed by atoms with E-state index in [1.54, 1.807) is 24.3 Å². The summed E-state index contributed by atoms with van der Waals surface area (Å²) in [5.74, 6) is -2.42. The van der Waals surface area contributed by atoms with Crippen LogP contribution in [-0.4, -0.2) is 51.8 Å². The molecule has 2 fully saturated rings. The second kappa shape index (κ2) is 8.35. The number of amides is 3. The van der Waals surface area contributed by atoms with Gasteiger partial charge in [-0.25, -0.2) is 4.79 Å². The minimum atomic E-state index is -1.68. The Kier molecular flexibility index (Phi) is 5.43. The number of nitrogens with zero attached hydrogens (tertiary/aromatic N) is 3. The SMILES string of the molecule is O=C(COC(=O)[C@]12CCC(=O)N1c1ccccc1C(=O)N2C1CC1)Nc1ccc(Cl)cc1[N+](=O)[O-]. The van der Waals surface area contributed by atoms with Gasteiger partial charge in [0, 0.05) is 30.0 Å². The van der Waals surface area contributed by atoms with Crippen molar-refractivity contribution in [2.45, 2.75) is 37.4 Å². The van der Waals surface area contributed by atoms with Gasteiger partial charge in [-0.05, 0) is 37.1 Å². The second-order valence-corrected chi connectivity index (χ2v) is 8.95. The number of halogens is 1. The highest BCUT2D eigenvalue weighted by atomic mass is 35.5. The molecule has 5 rings (SSSR count). The number of benzene rings is 2. The van der Waals surface area contributed by atoms with E-state index in [1.165, 1.54) is 21.9 Å². The first-order valence-electron chi connectivity index (χ1n) is 10.9. The minimum absolute atomic E-state index is 0.0309. The van der Waals surface area contributed by atoms with E-state index in [4.69, 9.17) is 16.3 Å². The van der Waals surface area contributed by atoms with E-state index in [1.807, 2.05) is 0 Å². The maximum absolute atomic E-state index is 13.5. The van der Waals surface area contributed by atoms with Crippen LogP contribution in [0.15, 0.2) is 42.5 Å². The largest absolute Gasteiger partial charge is 0.452 e. The molecule has 2 heterocycles. The lowest BCUT2D eigenvalue weighted by atomic mass is 9.96. The summed E-state index contributed by atoms with van der Waals surface area (Å²) in [4.78, 5) is 65.6. The van der Waals surface area contributed by atoms with Gasteiger partial charge in [0.1, 0.15) is 5.69 Å². The fourth-order valence-corrected chi connectivity index (χ4v) is 4.87. The molecule has 35 heavy (non-hydrogen) atoms. The van der Waals surface area contributed by atoms with Crippen molar-refractivity contribution in [2.24, 2.45) is 0 Å². The molecule has 0 unspecified atom stereocenters. The quantitative estimate of drug-likeness (QED) is 0.367. The maximum atomic E-state index is 13.5. The Balaban J connectivity index is 1.41. The molecule has 1 saturated heterocycles. The third-order valence-electron chi connectivity index (χ3n) is 6.30. The lowest BCUT2D eigenvalue weighted by Gasteiger charge is -2.48. The molecule has 1 atom stereocenters. The topological polar surface area (TPSA) is 139 Å². The number of carbonyl (C=O) groups is 4. The summed E-state index contributed by atoms with van der Waals surface area (Å²) in [7, 11) is 0. The van der Waals surface area contributed by atoms with Gasteiger partial charge in [-0.15, -0.1) is 0 Å². The van der Waals surface area contributed by atoms with Crippen molar-refractivity contribution in [3.63, 3.8) is 0 Å². The Labute approximate surface area is 203 Å². The Morgan fingerprint density at radius 3 is 2.66 bits per heavy atom. The van der Waals surface area contributed by atoms with Gasteiger partial charge in [0.05, 0.1) is 16.2 Å². The summed E-state index contributed by atoms with van der Waals surface area (Å²) < 4.78 is 5.33. The number of hydrogen-bond donors (Lipinski definition) is 1. The Bertz CT molecular complexity index is 1290. The summed E-state index contributed by atoms with van der Waals surface area (Å²) in [6.07, 6.45) is 1.44. The van der Waals surface area contributed by atoms with Crippen LogP contribution in [0.1, 0.15) is 36.0 Å². The molecule has 3 aliphatic rings. The first-order chi connectivity index (χ1) is 16.7. The number of rotatable bonds is 6. The van der Waals surface area contributed by atoms with Gasteiger partial charge in [0.25, 0.3) is 17.5 Å². The molecule has 0 radical (unpaired) electrons. The molecule has 180 valence electrons. The van der Waals surface area contributed by atoms with Crippen LogP contribution in [0.4, 0.5) is 17.1 Å². The average molecular weight is 499 g/mol. The first-order valence-corrected chi connectivity index (χ1v) is 11.3. The average Bonchev–Trinajstić information content (AvgIpc) is 3.60. The molecule has 3 amide bonds. The highest BCUT2D eigenvalue weighted by Crippen LogP contribution is 2.49. The third-order valence-corrected chi connectivity index (χ3v) is 6.54. The molecule has 11 nitrogen and oxygen atoms in total. The highest BCUT2D eigenvalue weighted by molar-refractivity contribution is 6.31. The minimum Gasteiger partial charge on any atom is -0.452 e. The third kappa shape index (κ3) is 3.68. The van der Waals surface area contributed by atoms with Gasteiger partial charge < -0.3 is 15.0 Å². The molecular formula is C23H19ClN4O7. The number of nitro benzene ring substituents is 1. The summed E-state index contributed by atoms with van der Waals surface area (Å²) in [5, 5.41) is 13.7. The molecule has 12 heteroatoms. The number of hydrogen-bond acceptors (Lipinski definition) is 7. The Morgan fingerprint density at radius 1 is 1.20 bits per heavy atom. The van der Waals surface area contributed by atoms with Gasteiger partial charge in [-0.1, -0.05) is 23.7 Å². The van der Waals surface area contributed by atoms with Crippen molar-refractivity contribution in [3.05, 3.63) is 63.2 Å². The van der Waals surface area contributed by atoms with E-state index in [0.717, 1.165) is 6.07 Å². The van der Waals surface area contributed by atoms with Gasteiger partial charge in [-0.2, -0.15) is 0 Å². The smallest absolute Gasteiger partial charge is 0.354 e. The number of ether oxygens (including phenoxy) is 1. The molecule has 2 aliphatic heterocycles. The van der Waals surface area contributed by atoms with E-state index in [2.05, 4.69) is 5.32 Å². The van der Waals surface area contributed by atoms with E-state index >= 15 is 0 Å². The lowest BCUT2D eigenvalue weighted by molar-refractivity contribution is -0.383. The van der Waals surface area contributed by atoms with Crippen molar-refractivity contribution >= 4 is 52.4 Å². The number of anilines is 2. The molecule has 1 saturated carbocycles. The number of esters is 1. The van der Waals surface area contributed by atoms with Crippen LogP contribution in [0.5, 0.6) is 0 Å². The van der Waals surface area contributed by atoms with E-state index in [0.29, 0.717) is 24.1 Å². The van der Waals surface area contributed by atoms with Crippen LogP contribution in [0.3, 0.4) is 0 Å². The van der Waals surface area contributed by atoms with Gasteiger partial charge in [0.2, 0.25) is 11.6 Å². The van der Waals surface area contributed by atoms with Crippen molar-refractivity contribution in [2.75, 3.05) is 16.8 Å². The Hall–Kier alpha value is -3.99. The second-order valence-electron chi connectivity index (χ2n) is 8.51. The van der Waals surface area contributed by atoms with Crippen LogP contribution >= 0.6 is 11.6 Å². The van der Waals surface area contributed by atoms with Crippen LogP contribution < -0.4 is 10.2 Å². The lowest BCUT2D eigenvalue weighted by Crippen LogP contribution is -2.69. The van der Waals surface area contributed by atoms with E-state index < -0.39 is 34.8 Å².